The van der Waals surface area contributed by atoms with Crippen molar-refractivity contribution in [1.29, 1.82) is 0 Å². The Morgan fingerprint density at radius 2 is 0.804 bits per heavy atom. The molecule has 3 aromatic heterocycles. The molecule has 0 aliphatic carbocycles. The van der Waals surface area contributed by atoms with Crippen LogP contribution in [0.15, 0.2) is 182 Å². The second-order valence-corrected chi connectivity index (χ2v) is 15.5. The molecule has 8 aromatic carbocycles. The molecule has 3 heteroatoms. The molecule has 0 amide bonds. The van der Waals surface area contributed by atoms with E-state index >= 15 is 0 Å². The van der Waals surface area contributed by atoms with Crippen LogP contribution in [0, 0.1) is 0 Å². The van der Waals surface area contributed by atoms with Gasteiger partial charge in [-0.15, -0.1) is 0 Å². The molecule has 0 fully saturated rings. The molecule has 0 radical (unpaired) electrons. The van der Waals surface area contributed by atoms with Gasteiger partial charge in [-0.25, -0.2) is 0 Å². The van der Waals surface area contributed by atoms with Crippen LogP contribution in [0.4, 0.5) is 0 Å². The fourth-order valence-electron chi connectivity index (χ4n) is 8.25. The first-order valence-corrected chi connectivity index (χ1v) is 19.2. The van der Waals surface area contributed by atoms with Crippen LogP contribution in [0.1, 0.15) is 0 Å². The van der Waals surface area contributed by atoms with Gasteiger partial charge in [-0.3, -0.25) is 0 Å². The van der Waals surface area contributed by atoms with Crippen molar-refractivity contribution in [2.75, 3.05) is 0 Å². The van der Waals surface area contributed by atoms with E-state index in [0.717, 1.165) is 5.69 Å². The Morgan fingerprint density at radius 3 is 1.47 bits per heavy atom. The van der Waals surface area contributed by atoms with Crippen molar-refractivity contribution in [2.45, 2.75) is 0 Å². The third kappa shape index (κ3) is 4.29. The molecule has 0 aliphatic heterocycles. The summed E-state index contributed by atoms with van der Waals surface area (Å²) in [6.07, 6.45) is 0. The molecular formula is C48H30N2Se. The zero-order valence-electron chi connectivity index (χ0n) is 27.6. The molecule has 0 saturated heterocycles. The summed E-state index contributed by atoms with van der Waals surface area (Å²) < 4.78 is 7.90. The van der Waals surface area contributed by atoms with Crippen LogP contribution in [0.25, 0.3) is 96.5 Å². The quantitative estimate of drug-likeness (QED) is 0.161. The van der Waals surface area contributed by atoms with Crippen LogP contribution < -0.4 is 0 Å². The molecular weight excluding hydrogens is 684 g/mol. The van der Waals surface area contributed by atoms with Crippen LogP contribution >= 0.6 is 0 Å². The SMILES string of the molecule is c1ccc(-c2ccc(-c3ccc(-n4c5ccccc5c5c6c7ccccc7n(-c7cccc8c7[se]c7ccccc78)c6ccc54)cc3)cc2)cc1. The monoisotopic (exact) mass is 714 g/mol. The minimum absolute atomic E-state index is 0.246. The minimum Gasteiger partial charge on any atom is -0.0617 e. The van der Waals surface area contributed by atoms with E-state index < -0.39 is 0 Å². The molecule has 11 rings (SSSR count). The first kappa shape index (κ1) is 28.7. The van der Waals surface area contributed by atoms with E-state index in [1.165, 1.54) is 90.8 Å². The van der Waals surface area contributed by atoms with E-state index in [9.17, 15) is 0 Å². The summed E-state index contributed by atoms with van der Waals surface area (Å²) >= 11 is 0.246. The number of rotatable bonds is 4. The molecule has 11 aromatic rings. The predicted molar refractivity (Wildman–Crippen MR) is 218 cm³/mol. The third-order valence-corrected chi connectivity index (χ3v) is 13.1. The van der Waals surface area contributed by atoms with Gasteiger partial charge in [0.05, 0.1) is 0 Å². The Hall–Kier alpha value is -6.12. The fraction of sp³-hybridized carbons (Fsp3) is 0. The van der Waals surface area contributed by atoms with Crippen molar-refractivity contribution in [1.82, 2.24) is 9.13 Å². The number of para-hydroxylation sites is 2. The number of benzene rings is 8. The zero-order chi connectivity index (χ0) is 33.5. The maximum Gasteiger partial charge on any atom is -0.0538 e. The topological polar surface area (TPSA) is 9.86 Å². The maximum absolute atomic E-state index is 2.53. The maximum atomic E-state index is 2.53. The van der Waals surface area contributed by atoms with Crippen molar-refractivity contribution in [3.8, 4) is 33.6 Å². The normalized spacial score (nSPS) is 11.9. The summed E-state index contributed by atoms with van der Waals surface area (Å²) in [5, 5.41) is 7.94. The van der Waals surface area contributed by atoms with Gasteiger partial charge in [0.15, 0.2) is 0 Å². The van der Waals surface area contributed by atoms with Crippen LogP contribution in [0.2, 0.25) is 0 Å². The van der Waals surface area contributed by atoms with Gasteiger partial charge < -0.3 is 0 Å². The summed E-state index contributed by atoms with van der Waals surface area (Å²) in [6, 6.07) is 66.9. The van der Waals surface area contributed by atoms with Crippen molar-refractivity contribution in [3.63, 3.8) is 0 Å². The summed E-state index contributed by atoms with van der Waals surface area (Å²) in [5.41, 5.74) is 12.3. The second-order valence-electron chi connectivity index (χ2n) is 13.3. The molecule has 0 aliphatic rings. The Balaban J connectivity index is 1.11. The first-order chi connectivity index (χ1) is 25.3. The van der Waals surface area contributed by atoms with Gasteiger partial charge in [0, 0.05) is 0 Å². The molecule has 0 saturated carbocycles. The fourth-order valence-corrected chi connectivity index (χ4v) is 10.8. The largest absolute Gasteiger partial charge is 0.0617 e. The van der Waals surface area contributed by atoms with Crippen LogP contribution in [0.5, 0.6) is 0 Å². The summed E-state index contributed by atoms with van der Waals surface area (Å²) in [5.74, 6) is 0. The molecule has 0 atom stereocenters. The number of hydrogen-bond donors (Lipinski definition) is 0. The van der Waals surface area contributed by atoms with Gasteiger partial charge in [-0.1, -0.05) is 54.6 Å². The number of nitrogens with zero attached hydrogens (tertiary/aromatic N) is 2. The zero-order valence-corrected chi connectivity index (χ0v) is 29.3. The standard InChI is InChI=1S/C48H30N2Se/c1-2-11-31(12-3-1)32-21-23-33(24-22-32)34-25-27-35(28-26-34)49-40-17-7-4-14-38(40)46-42(49)29-30-43-47(46)39-15-5-8-18-41(39)50(43)44-19-10-16-37-36-13-6-9-20-45(36)51-48(37)44/h1-30H. The molecule has 2 nitrogen and oxygen atoms in total. The predicted octanol–water partition coefficient (Wildman–Crippen LogP) is 12.6. The number of fused-ring (bicyclic) bond motifs is 10. The van der Waals surface area contributed by atoms with E-state index in [0.29, 0.717) is 0 Å². The van der Waals surface area contributed by atoms with Gasteiger partial charge >= 0.3 is 231 Å². The van der Waals surface area contributed by atoms with Crippen molar-refractivity contribution in [3.05, 3.63) is 182 Å². The Labute approximate surface area is 300 Å². The van der Waals surface area contributed by atoms with Gasteiger partial charge in [-0.2, -0.15) is 0 Å². The van der Waals surface area contributed by atoms with E-state index in [1.807, 2.05) is 0 Å². The summed E-state index contributed by atoms with van der Waals surface area (Å²) in [4.78, 5) is 0. The van der Waals surface area contributed by atoms with Crippen molar-refractivity contribution >= 4 is 77.4 Å². The van der Waals surface area contributed by atoms with E-state index in [-0.39, 0.29) is 14.5 Å². The van der Waals surface area contributed by atoms with E-state index in [2.05, 4.69) is 191 Å². The average Bonchev–Trinajstić information content (AvgIpc) is 3.86. The molecule has 0 N–H and O–H groups in total. The van der Waals surface area contributed by atoms with E-state index in [1.54, 1.807) is 0 Å². The molecule has 238 valence electrons. The minimum atomic E-state index is 0.246. The van der Waals surface area contributed by atoms with Crippen molar-refractivity contribution in [2.24, 2.45) is 0 Å². The third-order valence-electron chi connectivity index (χ3n) is 10.5. The average molecular weight is 714 g/mol. The Morgan fingerprint density at radius 1 is 0.314 bits per heavy atom. The van der Waals surface area contributed by atoms with E-state index in [4.69, 9.17) is 0 Å². The van der Waals surface area contributed by atoms with Gasteiger partial charge in [0.1, 0.15) is 0 Å². The van der Waals surface area contributed by atoms with Gasteiger partial charge in [0.2, 0.25) is 0 Å². The summed E-state index contributed by atoms with van der Waals surface area (Å²) in [6.45, 7) is 0. The second kappa shape index (κ2) is 11.2. The molecule has 0 bridgehead atoms. The smallest absolute Gasteiger partial charge is 0.0538 e. The number of hydrogen-bond acceptors (Lipinski definition) is 0. The van der Waals surface area contributed by atoms with Gasteiger partial charge in [0.25, 0.3) is 0 Å². The number of aromatic nitrogens is 2. The van der Waals surface area contributed by atoms with Crippen LogP contribution in [0.3, 0.4) is 0 Å². The molecule has 3 heterocycles. The summed E-state index contributed by atoms with van der Waals surface area (Å²) in [7, 11) is 0. The molecule has 0 unspecified atom stereocenters. The first-order valence-electron chi connectivity index (χ1n) is 17.4. The molecule has 51 heavy (non-hydrogen) atoms. The Bertz CT molecular complexity index is 3100. The van der Waals surface area contributed by atoms with Crippen LogP contribution in [-0.4, -0.2) is 23.6 Å². The van der Waals surface area contributed by atoms with Gasteiger partial charge in [-0.05, 0) is 16.7 Å². The molecule has 0 spiro atoms. The van der Waals surface area contributed by atoms with Crippen molar-refractivity contribution < 1.29 is 0 Å². The Kier molecular flexibility index (Phi) is 6.30. The van der Waals surface area contributed by atoms with Crippen LogP contribution in [-0.2, 0) is 0 Å².